The summed E-state index contributed by atoms with van der Waals surface area (Å²) >= 11 is 0. The highest BCUT2D eigenvalue weighted by atomic mass is 35.7. The van der Waals surface area contributed by atoms with Gasteiger partial charge in [-0.3, -0.25) is 0 Å². The van der Waals surface area contributed by atoms with Crippen LogP contribution < -0.4 is 4.74 Å². The number of benzene rings is 1. The molecule has 1 aromatic carbocycles. The lowest BCUT2D eigenvalue weighted by atomic mass is 10.1. The standard InChI is InChI=1S/C11H12ClF3O3S/c1-2-7-18-9-5-3-8(4-6-9)10(11(13,14)15)19(12,16)17/h3-6,10H,2,7H2,1H3. The van der Waals surface area contributed by atoms with E-state index in [0.717, 1.165) is 18.6 Å². The molecule has 0 aliphatic heterocycles. The molecule has 0 radical (unpaired) electrons. The largest absolute Gasteiger partial charge is 0.494 e. The third-order valence-corrected chi connectivity index (χ3v) is 3.87. The van der Waals surface area contributed by atoms with Crippen molar-refractivity contribution in [2.75, 3.05) is 6.61 Å². The molecule has 0 N–H and O–H groups in total. The molecular formula is C11H12ClF3O3S. The van der Waals surface area contributed by atoms with Crippen molar-refractivity contribution in [3.05, 3.63) is 29.8 Å². The molecule has 0 bridgehead atoms. The summed E-state index contributed by atoms with van der Waals surface area (Å²) in [5, 5.41) is -2.73. The van der Waals surface area contributed by atoms with Crippen LogP contribution in [0.1, 0.15) is 24.2 Å². The summed E-state index contributed by atoms with van der Waals surface area (Å²) in [6.07, 6.45) is -4.21. The first-order chi connectivity index (χ1) is 8.66. The molecule has 0 saturated carbocycles. The van der Waals surface area contributed by atoms with Crippen LogP contribution in [0.4, 0.5) is 13.2 Å². The summed E-state index contributed by atoms with van der Waals surface area (Å²) in [4.78, 5) is 0. The van der Waals surface area contributed by atoms with E-state index in [1.165, 1.54) is 12.1 Å². The van der Waals surface area contributed by atoms with Crippen molar-refractivity contribution in [3.8, 4) is 5.75 Å². The predicted octanol–water partition coefficient (Wildman–Crippen LogP) is 3.65. The molecule has 108 valence electrons. The molecule has 0 spiro atoms. The summed E-state index contributed by atoms with van der Waals surface area (Å²) in [6, 6.07) is 4.66. The van der Waals surface area contributed by atoms with Gasteiger partial charge in [0, 0.05) is 10.7 Å². The van der Waals surface area contributed by atoms with Gasteiger partial charge in [0.25, 0.3) is 0 Å². The molecule has 1 aromatic rings. The average Bonchev–Trinajstić information content (AvgIpc) is 2.24. The van der Waals surface area contributed by atoms with Crippen molar-refractivity contribution in [2.45, 2.75) is 24.8 Å². The van der Waals surface area contributed by atoms with Gasteiger partial charge in [0.15, 0.2) is 5.25 Å². The molecule has 0 heterocycles. The zero-order valence-electron chi connectivity index (χ0n) is 9.95. The lowest BCUT2D eigenvalue weighted by Crippen LogP contribution is -2.25. The van der Waals surface area contributed by atoms with E-state index in [9.17, 15) is 21.6 Å². The molecule has 1 rings (SSSR count). The van der Waals surface area contributed by atoms with Gasteiger partial charge in [-0.1, -0.05) is 19.1 Å². The molecule has 0 fully saturated rings. The van der Waals surface area contributed by atoms with Crippen molar-refractivity contribution >= 4 is 19.7 Å². The van der Waals surface area contributed by atoms with Crippen LogP contribution >= 0.6 is 10.7 Å². The van der Waals surface area contributed by atoms with Gasteiger partial charge < -0.3 is 4.74 Å². The normalized spacial score (nSPS) is 14.2. The fourth-order valence-electron chi connectivity index (χ4n) is 1.47. The number of ether oxygens (including phenoxy) is 1. The fraction of sp³-hybridized carbons (Fsp3) is 0.455. The Labute approximate surface area is 113 Å². The van der Waals surface area contributed by atoms with E-state index >= 15 is 0 Å². The smallest absolute Gasteiger partial charge is 0.410 e. The maximum Gasteiger partial charge on any atom is 0.410 e. The van der Waals surface area contributed by atoms with Crippen LogP contribution in [0.25, 0.3) is 0 Å². The summed E-state index contributed by atoms with van der Waals surface area (Å²) in [5.41, 5.74) is -0.439. The van der Waals surface area contributed by atoms with E-state index in [1.54, 1.807) is 0 Å². The molecule has 8 heteroatoms. The van der Waals surface area contributed by atoms with Crippen LogP contribution in [0, 0.1) is 0 Å². The Morgan fingerprint density at radius 3 is 2.16 bits per heavy atom. The molecule has 0 saturated heterocycles. The van der Waals surface area contributed by atoms with E-state index in [0.29, 0.717) is 12.4 Å². The quantitative estimate of drug-likeness (QED) is 0.779. The minimum absolute atomic E-state index is 0.374. The van der Waals surface area contributed by atoms with Crippen LogP contribution in [0.3, 0.4) is 0 Å². The number of rotatable bonds is 5. The second-order valence-electron chi connectivity index (χ2n) is 3.81. The van der Waals surface area contributed by atoms with E-state index < -0.39 is 26.0 Å². The van der Waals surface area contributed by atoms with Crippen molar-refractivity contribution in [2.24, 2.45) is 0 Å². The third-order valence-electron chi connectivity index (χ3n) is 2.23. The van der Waals surface area contributed by atoms with Gasteiger partial charge in [0.1, 0.15) is 5.75 Å². The van der Waals surface area contributed by atoms with Gasteiger partial charge in [-0.05, 0) is 24.1 Å². The topological polar surface area (TPSA) is 43.4 Å². The molecule has 0 amide bonds. The highest BCUT2D eigenvalue weighted by Gasteiger charge is 2.49. The average molecular weight is 317 g/mol. The second kappa shape index (κ2) is 6.00. The minimum Gasteiger partial charge on any atom is -0.494 e. The Morgan fingerprint density at radius 2 is 1.79 bits per heavy atom. The summed E-state index contributed by atoms with van der Waals surface area (Å²) in [7, 11) is 0.0637. The Kier molecular flexibility index (Phi) is 5.09. The van der Waals surface area contributed by atoms with Crippen LogP contribution in [-0.2, 0) is 9.05 Å². The third kappa shape index (κ3) is 4.58. The van der Waals surface area contributed by atoms with Crippen molar-refractivity contribution in [1.29, 1.82) is 0 Å². The van der Waals surface area contributed by atoms with E-state index in [4.69, 9.17) is 15.4 Å². The van der Waals surface area contributed by atoms with Crippen LogP contribution in [0.2, 0.25) is 0 Å². The zero-order chi connectivity index (χ0) is 14.7. The van der Waals surface area contributed by atoms with Crippen LogP contribution in [0.15, 0.2) is 24.3 Å². The van der Waals surface area contributed by atoms with Gasteiger partial charge in [-0.25, -0.2) is 8.42 Å². The van der Waals surface area contributed by atoms with Crippen molar-refractivity contribution in [3.63, 3.8) is 0 Å². The maximum absolute atomic E-state index is 12.7. The Bertz CT molecular complexity index is 511. The predicted molar refractivity (Wildman–Crippen MR) is 65.8 cm³/mol. The molecule has 19 heavy (non-hydrogen) atoms. The first-order valence-corrected chi connectivity index (χ1v) is 7.76. The Morgan fingerprint density at radius 1 is 1.26 bits per heavy atom. The highest BCUT2D eigenvalue weighted by molar-refractivity contribution is 8.14. The van der Waals surface area contributed by atoms with Gasteiger partial charge in [-0.15, -0.1) is 0 Å². The van der Waals surface area contributed by atoms with Crippen molar-refractivity contribution < 1.29 is 26.3 Å². The first-order valence-electron chi connectivity index (χ1n) is 5.39. The lowest BCUT2D eigenvalue weighted by molar-refractivity contribution is -0.131. The molecule has 1 atom stereocenters. The SMILES string of the molecule is CCCOc1ccc(C(C(F)(F)F)S(=O)(=O)Cl)cc1. The number of halogens is 4. The van der Waals surface area contributed by atoms with Crippen molar-refractivity contribution in [1.82, 2.24) is 0 Å². The maximum atomic E-state index is 12.7. The van der Waals surface area contributed by atoms with E-state index in [1.807, 2.05) is 6.92 Å². The highest BCUT2D eigenvalue weighted by Crippen LogP contribution is 2.41. The number of hydrogen-bond donors (Lipinski definition) is 0. The minimum atomic E-state index is -4.97. The van der Waals surface area contributed by atoms with Crippen LogP contribution in [-0.4, -0.2) is 21.2 Å². The van der Waals surface area contributed by atoms with Crippen LogP contribution in [0.5, 0.6) is 5.75 Å². The van der Waals surface area contributed by atoms with E-state index in [-0.39, 0.29) is 0 Å². The first kappa shape index (κ1) is 16.1. The summed E-state index contributed by atoms with van der Waals surface area (Å²) < 4.78 is 65.4. The van der Waals surface area contributed by atoms with Gasteiger partial charge >= 0.3 is 6.18 Å². The second-order valence-corrected chi connectivity index (χ2v) is 6.53. The Hall–Kier alpha value is -0.950. The number of hydrogen-bond acceptors (Lipinski definition) is 3. The lowest BCUT2D eigenvalue weighted by Gasteiger charge is -2.17. The van der Waals surface area contributed by atoms with Gasteiger partial charge in [-0.2, -0.15) is 13.2 Å². The molecular weight excluding hydrogens is 305 g/mol. The van der Waals surface area contributed by atoms with Gasteiger partial charge in [0.05, 0.1) is 6.61 Å². The summed E-state index contributed by atoms with van der Waals surface area (Å²) in [5.74, 6) is 0.374. The molecule has 0 aromatic heterocycles. The number of alkyl halides is 3. The molecule has 1 unspecified atom stereocenters. The zero-order valence-corrected chi connectivity index (χ0v) is 11.5. The Balaban J connectivity index is 3.06. The fourth-order valence-corrected chi connectivity index (χ4v) is 2.88. The van der Waals surface area contributed by atoms with Gasteiger partial charge in [0.2, 0.25) is 9.05 Å². The molecule has 0 aliphatic rings. The summed E-state index contributed by atoms with van der Waals surface area (Å²) in [6.45, 7) is 2.31. The molecule has 3 nitrogen and oxygen atoms in total. The monoisotopic (exact) mass is 316 g/mol. The molecule has 0 aliphatic carbocycles. The van der Waals surface area contributed by atoms with E-state index in [2.05, 4.69) is 0 Å².